The summed E-state index contributed by atoms with van der Waals surface area (Å²) in [7, 11) is 1.58. The van der Waals surface area contributed by atoms with Crippen LogP contribution in [0.2, 0.25) is 0 Å². The van der Waals surface area contributed by atoms with Crippen LogP contribution in [0.5, 0.6) is 0 Å². The summed E-state index contributed by atoms with van der Waals surface area (Å²) in [5.41, 5.74) is -0.631. The number of likely N-dealkylation sites (N-methyl/N-ethyl adjacent to an activating group) is 1. The zero-order valence-corrected chi connectivity index (χ0v) is 16.8. The molecule has 1 heterocycles. The van der Waals surface area contributed by atoms with Crippen molar-refractivity contribution in [3.05, 3.63) is 12.7 Å². The lowest BCUT2D eigenvalue weighted by Crippen LogP contribution is -2.54. The predicted octanol–water partition coefficient (Wildman–Crippen LogP) is 2.60. The summed E-state index contributed by atoms with van der Waals surface area (Å²) in [6, 6.07) is -1.34. The van der Waals surface area contributed by atoms with Gasteiger partial charge in [0.1, 0.15) is 24.3 Å². The summed E-state index contributed by atoms with van der Waals surface area (Å²) in [4.78, 5) is 40.6. The predicted molar refractivity (Wildman–Crippen MR) is 98.5 cm³/mol. The Labute approximate surface area is 156 Å². The molecule has 1 saturated heterocycles. The lowest BCUT2D eigenvalue weighted by molar-refractivity contribution is -0.156. The van der Waals surface area contributed by atoms with Crippen molar-refractivity contribution in [1.29, 1.82) is 0 Å². The molecule has 2 atom stereocenters. The average molecular weight is 368 g/mol. The zero-order valence-electron chi connectivity index (χ0n) is 16.8. The Morgan fingerprint density at radius 2 is 1.92 bits per heavy atom. The highest BCUT2D eigenvalue weighted by molar-refractivity contribution is 5.90. The van der Waals surface area contributed by atoms with Gasteiger partial charge < -0.3 is 14.4 Å². The molecule has 2 amide bonds. The highest BCUT2D eigenvalue weighted by atomic mass is 16.6. The number of ether oxygens (including phenoxy) is 2. The van der Waals surface area contributed by atoms with Crippen molar-refractivity contribution in [3.8, 4) is 0 Å². The second kappa shape index (κ2) is 9.05. The fourth-order valence-corrected chi connectivity index (χ4v) is 3.04. The van der Waals surface area contributed by atoms with Gasteiger partial charge in [-0.3, -0.25) is 9.69 Å². The Balaban J connectivity index is 2.91. The van der Waals surface area contributed by atoms with Gasteiger partial charge in [0.15, 0.2) is 0 Å². The van der Waals surface area contributed by atoms with E-state index in [4.69, 9.17) is 9.47 Å². The summed E-state index contributed by atoms with van der Waals surface area (Å²) < 4.78 is 10.5. The van der Waals surface area contributed by atoms with Crippen LogP contribution in [0.1, 0.15) is 47.5 Å². The number of carbonyl (C=O) groups is 3. The normalized spacial score (nSPS) is 18.4. The van der Waals surface area contributed by atoms with E-state index in [-0.39, 0.29) is 18.4 Å². The third kappa shape index (κ3) is 5.75. The lowest BCUT2D eigenvalue weighted by Gasteiger charge is -2.34. The SMILES string of the molecule is C=CCOC(=O)[C@H](C(C)C)N(C)C(=O)[C@@H]1CCCN1C(=O)OC(C)(C)C. The molecule has 0 aromatic carbocycles. The van der Waals surface area contributed by atoms with Gasteiger partial charge in [-0.2, -0.15) is 0 Å². The van der Waals surface area contributed by atoms with E-state index < -0.39 is 29.7 Å². The second-order valence-corrected chi connectivity index (χ2v) is 7.89. The molecule has 0 aliphatic carbocycles. The molecule has 0 radical (unpaired) electrons. The van der Waals surface area contributed by atoms with E-state index in [0.717, 1.165) is 6.42 Å². The molecule has 26 heavy (non-hydrogen) atoms. The fraction of sp³-hybridized carbons (Fsp3) is 0.737. The minimum absolute atomic E-state index is 0.0948. The first-order valence-corrected chi connectivity index (χ1v) is 9.03. The number of carbonyl (C=O) groups excluding carboxylic acids is 3. The highest BCUT2D eigenvalue weighted by Crippen LogP contribution is 2.24. The third-order valence-corrected chi connectivity index (χ3v) is 4.15. The van der Waals surface area contributed by atoms with Crippen molar-refractivity contribution in [2.24, 2.45) is 5.92 Å². The number of nitrogens with zero attached hydrogens (tertiary/aromatic N) is 2. The van der Waals surface area contributed by atoms with Gasteiger partial charge >= 0.3 is 12.1 Å². The molecule has 1 aliphatic rings. The Hall–Kier alpha value is -2.05. The van der Waals surface area contributed by atoms with Crippen LogP contribution >= 0.6 is 0 Å². The van der Waals surface area contributed by atoms with Crippen LogP contribution in [0.3, 0.4) is 0 Å². The molecule has 0 saturated carbocycles. The van der Waals surface area contributed by atoms with Crippen LogP contribution in [-0.2, 0) is 19.1 Å². The molecule has 1 fully saturated rings. The fourth-order valence-electron chi connectivity index (χ4n) is 3.04. The van der Waals surface area contributed by atoms with E-state index in [1.54, 1.807) is 27.8 Å². The first-order chi connectivity index (χ1) is 12.0. The Bertz CT molecular complexity index is 539. The van der Waals surface area contributed by atoms with Crippen molar-refractivity contribution in [2.45, 2.75) is 65.1 Å². The largest absolute Gasteiger partial charge is 0.460 e. The molecular weight excluding hydrogens is 336 g/mol. The summed E-state index contributed by atoms with van der Waals surface area (Å²) in [6.45, 7) is 13.1. The van der Waals surface area contributed by atoms with Gasteiger partial charge in [0.25, 0.3) is 0 Å². The minimum atomic E-state index is -0.719. The zero-order chi connectivity index (χ0) is 20.1. The van der Waals surface area contributed by atoms with Crippen LogP contribution in [0, 0.1) is 5.92 Å². The molecule has 7 nitrogen and oxygen atoms in total. The maximum Gasteiger partial charge on any atom is 0.410 e. The van der Waals surface area contributed by atoms with E-state index in [9.17, 15) is 14.4 Å². The summed E-state index contributed by atoms with van der Waals surface area (Å²) in [6.07, 6.45) is 2.25. The van der Waals surface area contributed by atoms with E-state index >= 15 is 0 Å². The van der Waals surface area contributed by atoms with Crippen LogP contribution in [0.15, 0.2) is 12.7 Å². The molecule has 7 heteroatoms. The number of rotatable bonds is 6. The first-order valence-electron chi connectivity index (χ1n) is 9.03. The van der Waals surface area contributed by atoms with Crippen LogP contribution in [0.25, 0.3) is 0 Å². The van der Waals surface area contributed by atoms with E-state index in [1.165, 1.54) is 15.9 Å². The molecule has 148 valence electrons. The number of esters is 1. The Morgan fingerprint density at radius 3 is 2.42 bits per heavy atom. The standard InChI is InChI=1S/C19H32N2O5/c1-8-12-25-17(23)15(13(2)3)20(7)16(22)14-10-9-11-21(14)18(24)26-19(4,5)6/h8,13-15H,1,9-12H2,2-7H3/t14-,15-/m0/s1. The molecule has 1 rings (SSSR count). The van der Waals surface area contributed by atoms with Gasteiger partial charge in [-0.1, -0.05) is 26.5 Å². The first kappa shape index (κ1) is 22.0. The molecule has 0 aromatic rings. The molecule has 0 bridgehead atoms. The van der Waals surface area contributed by atoms with E-state index in [0.29, 0.717) is 13.0 Å². The van der Waals surface area contributed by atoms with Crippen molar-refractivity contribution in [2.75, 3.05) is 20.2 Å². The summed E-state index contributed by atoms with van der Waals surface area (Å²) >= 11 is 0. The highest BCUT2D eigenvalue weighted by Gasteiger charge is 2.41. The van der Waals surface area contributed by atoms with Crippen LogP contribution in [-0.4, -0.2) is 65.7 Å². The number of likely N-dealkylation sites (tertiary alicyclic amines) is 1. The Kier molecular flexibility index (Phi) is 7.66. The second-order valence-electron chi connectivity index (χ2n) is 7.89. The summed E-state index contributed by atoms with van der Waals surface area (Å²) in [5, 5.41) is 0. The summed E-state index contributed by atoms with van der Waals surface area (Å²) in [5.74, 6) is -0.877. The van der Waals surface area contributed by atoms with Gasteiger partial charge in [0.05, 0.1) is 0 Å². The maximum absolute atomic E-state index is 13.0. The molecule has 1 aliphatic heterocycles. The van der Waals surface area contributed by atoms with E-state index in [2.05, 4.69) is 6.58 Å². The van der Waals surface area contributed by atoms with Gasteiger partial charge in [0.2, 0.25) is 5.91 Å². The van der Waals surface area contributed by atoms with Gasteiger partial charge in [-0.25, -0.2) is 9.59 Å². The number of amides is 2. The molecular formula is C19H32N2O5. The van der Waals surface area contributed by atoms with Gasteiger partial charge in [-0.05, 0) is 39.5 Å². The van der Waals surface area contributed by atoms with E-state index in [1.807, 2.05) is 13.8 Å². The van der Waals surface area contributed by atoms with Crippen molar-refractivity contribution in [1.82, 2.24) is 9.80 Å². The van der Waals surface area contributed by atoms with Crippen LogP contribution in [0.4, 0.5) is 4.79 Å². The van der Waals surface area contributed by atoms with Crippen molar-refractivity contribution >= 4 is 18.0 Å². The third-order valence-electron chi connectivity index (χ3n) is 4.15. The van der Waals surface area contributed by atoms with Crippen molar-refractivity contribution < 1.29 is 23.9 Å². The number of hydrogen-bond donors (Lipinski definition) is 0. The molecule has 0 spiro atoms. The Morgan fingerprint density at radius 1 is 1.31 bits per heavy atom. The van der Waals surface area contributed by atoms with Crippen molar-refractivity contribution in [3.63, 3.8) is 0 Å². The van der Waals surface area contributed by atoms with Gasteiger partial charge in [0, 0.05) is 13.6 Å². The topological polar surface area (TPSA) is 76.2 Å². The smallest absolute Gasteiger partial charge is 0.410 e. The molecule has 0 aromatic heterocycles. The number of hydrogen-bond acceptors (Lipinski definition) is 5. The quantitative estimate of drug-likeness (QED) is 0.532. The minimum Gasteiger partial charge on any atom is -0.460 e. The monoisotopic (exact) mass is 368 g/mol. The average Bonchev–Trinajstić information content (AvgIpc) is 2.99. The van der Waals surface area contributed by atoms with Gasteiger partial charge in [-0.15, -0.1) is 0 Å². The maximum atomic E-state index is 13.0. The molecule has 0 N–H and O–H groups in total. The van der Waals surface area contributed by atoms with Crippen LogP contribution < -0.4 is 0 Å². The lowest BCUT2D eigenvalue weighted by atomic mass is 10.0. The molecule has 0 unspecified atom stereocenters.